The van der Waals surface area contributed by atoms with Gasteiger partial charge >= 0.3 is 0 Å². The highest BCUT2D eigenvalue weighted by Crippen LogP contribution is 2.28. The smallest absolute Gasteiger partial charge is 0.255 e. The van der Waals surface area contributed by atoms with Crippen molar-refractivity contribution in [1.29, 1.82) is 0 Å². The molecule has 23 heavy (non-hydrogen) atoms. The molecule has 3 heterocycles. The Bertz CT molecular complexity index is 570. The van der Waals surface area contributed by atoms with Crippen LogP contribution in [-0.2, 0) is 4.79 Å². The minimum atomic E-state index is 0.00463. The van der Waals surface area contributed by atoms with Gasteiger partial charge in [-0.1, -0.05) is 0 Å². The molecule has 0 unspecified atom stereocenters. The van der Waals surface area contributed by atoms with Crippen molar-refractivity contribution in [2.75, 3.05) is 32.0 Å². The van der Waals surface area contributed by atoms with Crippen molar-refractivity contribution in [2.24, 2.45) is 0 Å². The fourth-order valence-corrected chi connectivity index (χ4v) is 2.39. The van der Waals surface area contributed by atoms with Crippen LogP contribution in [0.3, 0.4) is 0 Å². The molecule has 2 amide bonds. The lowest BCUT2D eigenvalue weighted by Gasteiger charge is -2.24. The third-order valence-corrected chi connectivity index (χ3v) is 3.73. The molecule has 126 valence electrons. The van der Waals surface area contributed by atoms with Gasteiger partial charge in [0.25, 0.3) is 5.91 Å². The van der Waals surface area contributed by atoms with E-state index < -0.39 is 0 Å². The molecule has 3 rings (SSSR count). The number of likely N-dealkylation sites (tertiary alicyclic amines) is 1. The van der Waals surface area contributed by atoms with E-state index in [0.717, 1.165) is 38.3 Å². The van der Waals surface area contributed by atoms with Crippen LogP contribution in [0.4, 0.5) is 5.82 Å². The van der Waals surface area contributed by atoms with E-state index >= 15 is 0 Å². The molecule has 0 bridgehead atoms. The van der Waals surface area contributed by atoms with Gasteiger partial charge in [0.05, 0.1) is 12.1 Å². The summed E-state index contributed by atoms with van der Waals surface area (Å²) in [6.45, 7) is 5.92. The van der Waals surface area contributed by atoms with Crippen molar-refractivity contribution >= 4 is 17.6 Å². The van der Waals surface area contributed by atoms with E-state index in [4.69, 9.17) is 4.74 Å². The van der Waals surface area contributed by atoms with Gasteiger partial charge in [-0.2, -0.15) is 0 Å². The first-order chi connectivity index (χ1) is 11.0. The molecule has 1 aromatic heterocycles. The molecule has 7 heteroatoms. The highest BCUT2D eigenvalue weighted by molar-refractivity contribution is 5.95. The summed E-state index contributed by atoms with van der Waals surface area (Å²) in [4.78, 5) is 28.1. The molecular formula is C16H24N4O3. The maximum atomic E-state index is 12.2. The summed E-state index contributed by atoms with van der Waals surface area (Å²) < 4.78 is 5.69. The Kier molecular flexibility index (Phi) is 5.78. The van der Waals surface area contributed by atoms with E-state index in [1.165, 1.54) is 6.92 Å². The summed E-state index contributed by atoms with van der Waals surface area (Å²) in [5.41, 5.74) is 0.617. The second-order valence-corrected chi connectivity index (χ2v) is 5.69. The number of nitrogens with one attached hydrogen (secondary N) is 2. The average molecular weight is 320 g/mol. The minimum Gasteiger partial charge on any atom is -0.485 e. The van der Waals surface area contributed by atoms with Gasteiger partial charge in [-0.3, -0.25) is 9.59 Å². The van der Waals surface area contributed by atoms with Crippen molar-refractivity contribution in [3.05, 3.63) is 17.8 Å². The molecule has 0 radical (unpaired) electrons. The Morgan fingerprint density at radius 2 is 2.04 bits per heavy atom. The average Bonchev–Trinajstić information content (AvgIpc) is 3.08. The number of hydrogen-bond acceptors (Lipinski definition) is 5. The molecular weight excluding hydrogens is 296 g/mol. The van der Waals surface area contributed by atoms with Crippen molar-refractivity contribution in [3.8, 4) is 5.75 Å². The molecule has 1 aromatic rings. The molecule has 2 N–H and O–H groups in total. The Morgan fingerprint density at radius 3 is 2.65 bits per heavy atom. The Hall–Kier alpha value is -2.31. The number of carbonyl (C=O) groups excluding carboxylic acids is 2. The van der Waals surface area contributed by atoms with Crippen molar-refractivity contribution in [1.82, 2.24) is 15.2 Å². The number of rotatable bonds is 1. The highest BCUT2D eigenvalue weighted by Gasteiger charge is 2.23. The first-order valence-corrected chi connectivity index (χ1v) is 7.89. The third kappa shape index (κ3) is 4.58. The lowest BCUT2D eigenvalue weighted by molar-refractivity contribution is -0.118. The summed E-state index contributed by atoms with van der Waals surface area (Å²) in [7, 11) is 1.60. The second-order valence-electron chi connectivity index (χ2n) is 5.69. The number of ether oxygens (including phenoxy) is 1. The summed E-state index contributed by atoms with van der Waals surface area (Å²) >= 11 is 0. The van der Waals surface area contributed by atoms with Crippen LogP contribution in [0.15, 0.2) is 12.3 Å². The van der Waals surface area contributed by atoms with Gasteiger partial charge in [0.15, 0.2) is 11.6 Å². The quantitative estimate of drug-likeness (QED) is 0.814. The van der Waals surface area contributed by atoms with Gasteiger partial charge in [-0.25, -0.2) is 4.98 Å². The second kappa shape index (κ2) is 7.80. The number of anilines is 1. The van der Waals surface area contributed by atoms with Gasteiger partial charge in [0.1, 0.15) is 6.10 Å². The summed E-state index contributed by atoms with van der Waals surface area (Å²) in [6.07, 6.45) is 3.93. The molecule has 1 fully saturated rings. The normalized spacial score (nSPS) is 18.7. The first kappa shape index (κ1) is 17.1. The molecule has 0 spiro atoms. The van der Waals surface area contributed by atoms with Gasteiger partial charge in [0.2, 0.25) is 5.91 Å². The van der Waals surface area contributed by atoms with E-state index in [1.54, 1.807) is 19.3 Å². The lowest BCUT2D eigenvalue weighted by atomic mass is 10.2. The topological polar surface area (TPSA) is 83.6 Å². The van der Waals surface area contributed by atoms with Crippen LogP contribution in [-0.4, -0.2) is 54.5 Å². The molecule has 1 saturated heterocycles. The zero-order valence-electron chi connectivity index (χ0n) is 13.9. The summed E-state index contributed by atoms with van der Waals surface area (Å²) in [5.74, 6) is 1.47. The van der Waals surface area contributed by atoms with Crippen molar-refractivity contribution < 1.29 is 14.3 Å². The van der Waals surface area contributed by atoms with Gasteiger partial charge in [-0.05, 0) is 25.8 Å². The first-order valence-electron chi connectivity index (χ1n) is 7.89. The molecule has 1 atom stereocenters. The van der Waals surface area contributed by atoms with Gasteiger partial charge in [0, 0.05) is 33.3 Å². The number of aromatic nitrogens is 1. The minimum absolute atomic E-state index is 0.00463. The maximum Gasteiger partial charge on any atom is 0.255 e. The van der Waals surface area contributed by atoms with E-state index in [2.05, 4.69) is 15.6 Å². The SMILES string of the molecule is CNC(C)=O.C[C@@H]1CNc2ncc(C(=O)N3CCCC3)cc2O1. The van der Waals surface area contributed by atoms with E-state index in [0.29, 0.717) is 11.3 Å². The molecule has 0 aliphatic carbocycles. The van der Waals surface area contributed by atoms with Crippen LogP contribution in [0.1, 0.15) is 37.0 Å². The number of fused-ring (bicyclic) bond motifs is 1. The Balaban J connectivity index is 0.000000338. The van der Waals surface area contributed by atoms with Crippen molar-refractivity contribution in [2.45, 2.75) is 32.8 Å². The zero-order chi connectivity index (χ0) is 16.8. The van der Waals surface area contributed by atoms with Crippen molar-refractivity contribution in [3.63, 3.8) is 0 Å². The Labute approximate surface area is 136 Å². The number of hydrogen-bond donors (Lipinski definition) is 2. The molecule has 0 saturated carbocycles. The molecule has 2 aliphatic heterocycles. The zero-order valence-corrected chi connectivity index (χ0v) is 13.9. The number of pyridine rings is 1. The van der Waals surface area contributed by atoms with E-state index in [9.17, 15) is 9.59 Å². The predicted octanol–water partition coefficient (Wildman–Crippen LogP) is 1.26. The van der Waals surface area contributed by atoms with Crippen LogP contribution >= 0.6 is 0 Å². The molecule has 0 aromatic carbocycles. The van der Waals surface area contributed by atoms with Crippen LogP contribution in [0, 0.1) is 0 Å². The van der Waals surface area contributed by atoms with Crippen LogP contribution in [0.5, 0.6) is 5.75 Å². The predicted molar refractivity (Wildman–Crippen MR) is 87.7 cm³/mol. The van der Waals surface area contributed by atoms with E-state index in [1.807, 2.05) is 11.8 Å². The van der Waals surface area contributed by atoms with Gasteiger partial charge < -0.3 is 20.3 Å². The number of carbonyl (C=O) groups is 2. The van der Waals surface area contributed by atoms with Crippen LogP contribution in [0.2, 0.25) is 0 Å². The highest BCUT2D eigenvalue weighted by atomic mass is 16.5. The third-order valence-electron chi connectivity index (χ3n) is 3.73. The number of amides is 2. The fourth-order valence-electron chi connectivity index (χ4n) is 2.39. The van der Waals surface area contributed by atoms with E-state index in [-0.39, 0.29) is 17.9 Å². The summed E-state index contributed by atoms with van der Waals surface area (Å²) in [6, 6.07) is 1.80. The van der Waals surface area contributed by atoms with Gasteiger partial charge in [-0.15, -0.1) is 0 Å². The summed E-state index contributed by atoms with van der Waals surface area (Å²) in [5, 5.41) is 5.58. The fraction of sp³-hybridized carbons (Fsp3) is 0.562. The largest absolute Gasteiger partial charge is 0.485 e. The van der Waals surface area contributed by atoms with Crippen LogP contribution in [0.25, 0.3) is 0 Å². The molecule has 7 nitrogen and oxygen atoms in total. The monoisotopic (exact) mass is 320 g/mol. The maximum absolute atomic E-state index is 12.2. The molecule has 2 aliphatic rings. The lowest BCUT2D eigenvalue weighted by Crippen LogP contribution is -2.30. The standard InChI is InChI=1S/C13H17N3O2.C3H7NO/c1-9-7-14-12-11(18-9)6-10(8-15-12)13(17)16-4-2-3-5-16;1-3(5)4-2/h6,8-9H,2-5,7H2,1H3,(H,14,15);1-2H3,(H,4,5)/t9-;/m1./s1. The number of nitrogens with zero attached hydrogens (tertiary/aromatic N) is 2. The Morgan fingerprint density at radius 1 is 1.39 bits per heavy atom. The van der Waals surface area contributed by atoms with Crippen LogP contribution < -0.4 is 15.4 Å².